The van der Waals surface area contributed by atoms with E-state index in [-0.39, 0.29) is 5.82 Å². The number of aryl methyl sites for hydroxylation is 9. The molecule has 0 aliphatic rings. The Kier molecular flexibility index (Phi) is 19.9. The Balaban J connectivity index is 0.000000139. The van der Waals surface area contributed by atoms with Crippen molar-refractivity contribution < 1.29 is 31.3 Å². The van der Waals surface area contributed by atoms with Crippen molar-refractivity contribution in [1.82, 2.24) is 0 Å². The van der Waals surface area contributed by atoms with Gasteiger partial charge in [0.15, 0.2) is 0 Å². The van der Waals surface area contributed by atoms with Crippen LogP contribution in [-0.4, -0.2) is 48.4 Å². The van der Waals surface area contributed by atoms with Gasteiger partial charge in [-0.1, -0.05) is 199 Å². The second-order valence-electron chi connectivity index (χ2n) is 38.0. The van der Waals surface area contributed by atoms with Gasteiger partial charge >= 0.3 is 0 Å². The molecule has 0 fully saturated rings. The summed E-state index contributed by atoms with van der Waals surface area (Å²) in [5.41, 5.74) is 28.2. The first-order valence-electron chi connectivity index (χ1n) is 39.8. The molecule has 0 unspecified atom stereocenters. The summed E-state index contributed by atoms with van der Waals surface area (Å²) in [7, 11) is -3.23. The van der Waals surface area contributed by atoms with Crippen LogP contribution >= 0.6 is 0 Å². The Labute approximate surface area is 664 Å². The summed E-state index contributed by atoms with van der Waals surface area (Å²) in [6.45, 7) is 61.9. The topological polar surface area (TPSA) is 51.1 Å². The van der Waals surface area contributed by atoms with Gasteiger partial charge < -0.3 is 13.3 Å². The number of aromatic nitrogens is 3. The van der Waals surface area contributed by atoms with Crippen LogP contribution in [0.3, 0.4) is 0 Å². The molecule has 6 aromatic heterocycles. The molecule has 0 saturated carbocycles. The molecule has 0 atom stereocenters. The van der Waals surface area contributed by atoms with E-state index in [1.165, 1.54) is 165 Å². The number of pyridine rings is 3. The summed E-state index contributed by atoms with van der Waals surface area (Å²) in [5.74, 6) is -0.275. The van der Waals surface area contributed by atoms with Crippen molar-refractivity contribution in [2.24, 2.45) is 21.1 Å². The molecule has 6 heterocycles. The van der Waals surface area contributed by atoms with E-state index in [2.05, 4.69) is 360 Å². The van der Waals surface area contributed by atoms with E-state index in [9.17, 15) is 4.39 Å². The SMILES string of the molecule is Cc1cc2c(cc1[Si](C)(C)C)c([Si](C)(C)C)cc(-c1c(C)c(C)cc3c1oc1cc(F)ccc13)[n+]2C.Cc1cc2c(cc1[Si](C)(C)C)c([Si](C)(C)C)cc(-c1c(C)c(C)cc3c1oc1ccccc13)[n+]2C.Cc1cc2c(cc1[Si](C)(C)C)c([Si](C)(C)c1ccccc1)cc(-c1c(C)c(C)cc3c1oc1ccccc13)[n+]2C. The Morgan fingerprint density at radius 3 is 0.901 bits per heavy atom. The third-order valence-electron chi connectivity index (χ3n) is 24.5. The predicted octanol–water partition coefficient (Wildman–Crippen LogP) is 22.2. The molecule has 10 aromatic carbocycles. The molecular weight excluding hydrogens is 1450 g/mol. The molecular formula is C98H115FN3O3Si6+3. The van der Waals surface area contributed by atoms with Crippen molar-refractivity contribution in [1.29, 1.82) is 0 Å². The molecule has 568 valence electrons. The lowest BCUT2D eigenvalue weighted by molar-refractivity contribution is -0.633. The fourth-order valence-electron chi connectivity index (χ4n) is 18.0. The van der Waals surface area contributed by atoms with Gasteiger partial charge in [-0.2, -0.15) is 13.7 Å². The van der Waals surface area contributed by atoms with Crippen molar-refractivity contribution in [3.63, 3.8) is 0 Å². The normalized spacial score (nSPS) is 12.8. The first-order valence-corrected chi connectivity index (χ1v) is 60.3. The minimum atomic E-state index is -2.07. The standard InChI is InChI=1S/C36H40NOSi2.C31H37FNOSi2.C31H38NOSi2/c1-23-19-28-27-17-13-14-18-32(27)38-36(28)35(25(23)3)31-22-34(40(8,9)26-15-11-10-12-16-26)29-21-33(39(5,6)7)24(2)20-30(29)37(31)4;1-18-13-23-22-12-11-21(32)15-27(22)34-31(23)30(20(18)3)26-17-29(36(8,9)10)24-16-28(35(5,6)7)19(2)14-25(24)33(26)4;1-19-15-23-22-13-11-12-14-27(22)33-31(23)30(21(19)3)26-18-29(35(8,9)10)24-17-28(34(5,6)7)20(2)16-25(24)32(26)4/h10-22H,1-9H3;11-17H,1-10H3;11-18H,1-10H3/q3*+1. The highest BCUT2D eigenvalue weighted by atomic mass is 28.3. The second-order valence-corrected chi connectivity index (χ2v) is 67.5. The van der Waals surface area contributed by atoms with Crippen molar-refractivity contribution in [2.75, 3.05) is 0 Å². The number of fused-ring (bicyclic) bond motifs is 12. The summed E-state index contributed by atoms with van der Waals surface area (Å²) in [4.78, 5) is 0. The van der Waals surface area contributed by atoms with Crippen molar-refractivity contribution in [3.8, 4) is 33.8 Å². The lowest BCUT2D eigenvalue weighted by Gasteiger charge is -2.27. The number of benzene rings is 10. The van der Waals surface area contributed by atoms with Gasteiger partial charge in [0.05, 0.1) is 57.1 Å². The van der Waals surface area contributed by atoms with Crippen LogP contribution in [0.15, 0.2) is 183 Å². The molecule has 16 rings (SSSR count). The number of halogens is 1. The van der Waals surface area contributed by atoms with Gasteiger partial charge in [-0.3, -0.25) is 0 Å². The van der Waals surface area contributed by atoms with Crippen LogP contribution in [0, 0.1) is 68.1 Å². The largest absolute Gasteiger partial charge is 0.455 e. The fourth-order valence-corrected chi connectivity index (χ4v) is 29.4. The molecule has 0 aliphatic carbocycles. The minimum Gasteiger partial charge on any atom is -0.455 e. The van der Waals surface area contributed by atoms with Crippen molar-refractivity contribution in [2.45, 2.75) is 174 Å². The Morgan fingerprint density at radius 2 is 0.559 bits per heavy atom. The van der Waals surface area contributed by atoms with Crippen LogP contribution < -0.4 is 50.0 Å². The zero-order chi connectivity index (χ0) is 80.3. The Bertz CT molecular complexity index is 6540. The number of furan rings is 3. The molecule has 111 heavy (non-hydrogen) atoms. The van der Waals surface area contributed by atoms with Crippen LogP contribution in [-0.2, 0) is 21.1 Å². The third-order valence-corrected chi connectivity index (χ3v) is 38.6. The zero-order valence-corrected chi connectivity index (χ0v) is 77.6. The summed E-state index contributed by atoms with van der Waals surface area (Å²) >= 11 is 0. The highest BCUT2D eigenvalue weighted by molar-refractivity contribution is 7.02. The van der Waals surface area contributed by atoms with Gasteiger partial charge in [-0.25, -0.2) is 4.39 Å². The van der Waals surface area contributed by atoms with Gasteiger partial charge in [0.25, 0.3) is 0 Å². The lowest BCUT2D eigenvalue weighted by atomic mass is 9.95. The average Bonchev–Trinajstić information content (AvgIpc) is 1.72. The fraction of sp³-hybridized carbons (Fsp3) is 0.296. The Hall–Kier alpha value is -8.94. The molecule has 6 nitrogen and oxygen atoms in total. The number of nitrogens with zero attached hydrogens (tertiary/aromatic N) is 3. The van der Waals surface area contributed by atoms with Crippen LogP contribution in [0.5, 0.6) is 0 Å². The number of hydrogen-bond donors (Lipinski definition) is 0. The first kappa shape index (κ1) is 78.7. The minimum absolute atomic E-state index is 0.275. The maximum atomic E-state index is 14.1. The van der Waals surface area contributed by atoms with Gasteiger partial charge in [0.1, 0.15) is 68.5 Å². The number of para-hydroxylation sites is 2. The maximum absolute atomic E-state index is 14.1. The van der Waals surface area contributed by atoms with Crippen LogP contribution in [0.1, 0.15) is 50.1 Å². The highest BCUT2D eigenvalue weighted by Crippen LogP contribution is 2.43. The van der Waals surface area contributed by atoms with Crippen LogP contribution in [0.2, 0.25) is 111 Å². The monoisotopic (exact) mass is 1570 g/mol. The molecule has 0 N–H and O–H groups in total. The lowest BCUT2D eigenvalue weighted by Crippen LogP contribution is -2.55. The molecule has 0 radical (unpaired) electrons. The van der Waals surface area contributed by atoms with Crippen molar-refractivity contribution in [3.05, 3.63) is 226 Å². The van der Waals surface area contributed by atoms with Crippen molar-refractivity contribution >= 4 is 183 Å². The highest BCUT2D eigenvalue weighted by Gasteiger charge is 2.38. The summed E-state index contributed by atoms with van der Waals surface area (Å²) in [6.07, 6.45) is 0. The van der Waals surface area contributed by atoms with E-state index in [1.807, 2.05) is 6.07 Å². The van der Waals surface area contributed by atoms with Gasteiger partial charge in [0, 0.05) is 90.9 Å². The number of hydrogen-bond acceptors (Lipinski definition) is 3. The van der Waals surface area contributed by atoms with Crippen LogP contribution in [0.4, 0.5) is 4.39 Å². The first-order chi connectivity index (χ1) is 51.9. The van der Waals surface area contributed by atoms with E-state index in [1.54, 1.807) is 10.4 Å². The van der Waals surface area contributed by atoms with Crippen LogP contribution in [0.25, 0.3) is 132 Å². The maximum Gasteiger partial charge on any atom is 0.216 e. The molecule has 0 amide bonds. The average molecular weight is 1570 g/mol. The molecule has 16 aromatic rings. The summed E-state index contributed by atoms with van der Waals surface area (Å²) in [5, 5.41) is 21.6. The molecule has 0 spiro atoms. The smallest absolute Gasteiger partial charge is 0.216 e. The summed E-state index contributed by atoms with van der Waals surface area (Å²) < 4.78 is 40.8. The van der Waals surface area contributed by atoms with E-state index in [4.69, 9.17) is 13.3 Å². The third kappa shape index (κ3) is 13.8. The van der Waals surface area contributed by atoms with E-state index in [0.717, 1.165) is 49.9 Å². The quantitative estimate of drug-likeness (QED) is 0.101. The number of rotatable bonds is 10. The molecule has 0 saturated heterocycles. The van der Waals surface area contributed by atoms with Gasteiger partial charge in [-0.05, 0) is 189 Å². The molecule has 0 bridgehead atoms. The predicted molar refractivity (Wildman–Crippen MR) is 494 cm³/mol. The van der Waals surface area contributed by atoms with E-state index in [0.29, 0.717) is 5.58 Å². The molecule has 13 heteroatoms. The zero-order valence-electron chi connectivity index (χ0n) is 71.6. The van der Waals surface area contributed by atoms with Gasteiger partial charge in [0.2, 0.25) is 33.6 Å². The van der Waals surface area contributed by atoms with E-state index >= 15 is 0 Å². The molecule has 0 aliphatic heterocycles. The second kappa shape index (κ2) is 28.0. The van der Waals surface area contributed by atoms with Gasteiger partial charge in [-0.15, -0.1) is 0 Å². The Morgan fingerprint density at radius 1 is 0.261 bits per heavy atom. The summed E-state index contributed by atoms with van der Waals surface area (Å²) in [6, 6.07) is 61.9. The van der Waals surface area contributed by atoms with E-state index < -0.39 is 48.4 Å².